The molecule has 1 amide bonds. The first-order valence-electron chi connectivity index (χ1n) is 14.6. The fraction of sp³-hybridized carbons (Fsp3) is 0.290. The molecule has 0 radical (unpaired) electrons. The second kappa shape index (κ2) is 13.2. The molecular weight excluding hydrogens is 738 g/mol. The van der Waals surface area contributed by atoms with Crippen LogP contribution in [0, 0.1) is 11.6 Å². The van der Waals surface area contributed by atoms with Crippen LogP contribution < -0.4 is 10.0 Å². The lowest BCUT2D eigenvalue weighted by Gasteiger charge is -2.23. The fourth-order valence-corrected chi connectivity index (χ4v) is 7.00. The van der Waals surface area contributed by atoms with Gasteiger partial charge in [0.15, 0.2) is 11.5 Å². The number of halogens is 9. The molecule has 0 saturated carbocycles. The Morgan fingerprint density at radius 3 is 2.40 bits per heavy atom. The summed E-state index contributed by atoms with van der Waals surface area (Å²) in [5.74, 6) is -6.39. The van der Waals surface area contributed by atoms with E-state index in [-0.39, 0.29) is 33.7 Å². The first-order chi connectivity index (χ1) is 23.4. The van der Waals surface area contributed by atoms with Crippen LogP contribution >= 0.6 is 23.2 Å². The molecule has 2 atom stereocenters. The van der Waals surface area contributed by atoms with E-state index in [4.69, 9.17) is 23.2 Å². The number of amides is 1. The highest BCUT2D eigenvalue weighted by Gasteiger charge is 2.50. The third-order valence-corrected chi connectivity index (χ3v) is 9.04. The molecule has 264 valence electrons. The third-order valence-electron chi connectivity index (χ3n) is 8.03. The van der Waals surface area contributed by atoms with E-state index in [0.717, 1.165) is 12.1 Å². The number of pyridine rings is 1. The van der Waals surface area contributed by atoms with Crippen LogP contribution in [0.2, 0.25) is 10.2 Å². The topological polar surface area (TPSA) is 107 Å². The quantitative estimate of drug-likeness (QED) is 0.121. The van der Waals surface area contributed by atoms with E-state index in [1.807, 2.05) is 0 Å². The van der Waals surface area contributed by atoms with Gasteiger partial charge in [-0.1, -0.05) is 29.3 Å². The summed E-state index contributed by atoms with van der Waals surface area (Å²) < 4.78 is 116. The predicted octanol–water partition coefficient (Wildman–Crippen LogP) is 7.28. The first kappa shape index (κ1) is 35.6. The maximum absolute atomic E-state index is 14.8. The Morgan fingerprint density at radius 1 is 1.06 bits per heavy atom. The monoisotopic (exact) mass is 761 g/mol. The summed E-state index contributed by atoms with van der Waals surface area (Å²) >= 11 is 12.8. The number of aromatic nitrogens is 5. The molecule has 50 heavy (non-hydrogen) atoms. The Labute approximate surface area is 291 Å². The van der Waals surface area contributed by atoms with Crippen molar-refractivity contribution in [2.24, 2.45) is 7.05 Å². The molecule has 0 spiro atoms. The van der Waals surface area contributed by atoms with Crippen molar-refractivity contribution in [2.75, 3.05) is 11.0 Å². The molecule has 5 aromatic rings. The van der Waals surface area contributed by atoms with Crippen molar-refractivity contribution >= 4 is 56.8 Å². The van der Waals surface area contributed by atoms with Gasteiger partial charge in [-0.25, -0.2) is 18.0 Å². The van der Waals surface area contributed by atoms with E-state index >= 15 is 0 Å². The Balaban J connectivity index is 1.47. The zero-order valence-corrected chi connectivity index (χ0v) is 28.1. The van der Waals surface area contributed by atoms with E-state index in [1.165, 1.54) is 23.1 Å². The molecule has 3 aromatic heterocycles. The molecule has 0 saturated heterocycles. The summed E-state index contributed by atoms with van der Waals surface area (Å²) in [5.41, 5.74) is -1.95. The lowest BCUT2D eigenvalue weighted by atomic mass is 9.94. The summed E-state index contributed by atoms with van der Waals surface area (Å²) in [5, 5.41) is 10.9. The number of aryl methyl sites for hydroxylation is 1. The minimum Gasteiger partial charge on any atom is -0.346 e. The van der Waals surface area contributed by atoms with E-state index in [0.29, 0.717) is 32.8 Å². The Kier molecular flexibility index (Phi) is 9.37. The van der Waals surface area contributed by atoms with Crippen molar-refractivity contribution in [3.63, 3.8) is 0 Å². The van der Waals surface area contributed by atoms with Crippen molar-refractivity contribution in [1.29, 1.82) is 0 Å². The SMILES string of the molecule is Cn1nc(NS(C)=O)c2c(Cl)ccc(-c3ccc(Cl)nc3C(Cc3cc(F)cc(F)c3)NC(=O)Cn3nc(C(F)(F)F)c4c3C(F)(F)CC4)c21. The van der Waals surface area contributed by atoms with E-state index in [9.17, 15) is 39.7 Å². The zero-order chi connectivity index (χ0) is 36.3. The van der Waals surface area contributed by atoms with Crippen molar-refractivity contribution in [3.8, 4) is 11.1 Å². The summed E-state index contributed by atoms with van der Waals surface area (Å²) in [6, 6.07) is 7.50. The van der Waals surface area contributed by atoms with Crippen LogP contribution in [0.5, 0.6) is 0 Å². The molecule has 6 rings (SSSR count). The summed E-state index contributed by atoms with van der Waals surface area (Å²) in [6.07, 6.45) is -5.45. The minimum absolute atomic E-state index is 0.0425. The van der Waals surface area contributed by atoms with Gasteiger partial charge in [0.05, 0.1) is 27.7 Å². The van der Waals surface area contributed by atoms with Crippen molar-refractivity contribution in [2.45, 2.75) is 43.9 Å². The van der Waals surface area contributed by atoms with Gasteiger partial charge in [-0.15, -0.1) is 0 Å². The van der Waals surface area contributed by atoms with Crippen molar-refractivity contribution in [3.05, 3.63) is 92.5 Å². The summed E-state index contributed by atoms with van der Waals surface area (Å²) in [7, 11) is 0.0626. The molecular formula is C31H24Cl2F7N7O2S. The molecule has 2 unspecified atom stereocenters. The summed E-state index contributed by atoms with van der Waals surface area (Å²) in [6.45, 7) is -1.05. The number of rotatable bonds is 9. The van der Waals surface area contributed by atoms with Crippen LogP contribution in [-0.4, -0.2) is 40.9 Å². The van der Waals surface area contributed by atoms with Gasteiger partial charge in [0.25, 0.3) is 5.92 Å². The van der Waals surface area contributed by atoms with Crippen LogP contribution in [0.3, 0.4) is 0 Å². The number of hydrogen-bond donors (Lipinski definition) is 2. The average molecular weight is 763 g/mol. The molecule has 0 aliphatic heterocycles. The van der Waals surface area contributed by atoms with Crippen molar-refractivity contribution < 1.29 is 39.7 Å². The van der Waals surface area contributed by atoms with Crippen LogP contribution in [0.1, 0.15) is 40.7 Å². The highest BCUT2D eigenvalue weighted by atomic mass is 35.5. The number of nitrogens with one attached hydrogen (secondary N) is 2. The standard InChI is InChI=1S/C31H24Cl2F7N7O2S/c1-46-26-18(3-5-20(32)24(26)29(44-46)45-50(2)49)17-4-6-22(33)42-25(17)21(11-14-9-15(34)12-16(35)10-14)41-23(48)13-47-28-19(7-8-30(28,36)37)27(43-47)31(38,39)40/h3-6,9-10,12,21H,7-8,11,13H2,1-2H3,(H,41,48)(H,44,45). The largest absolute Gasteiger partial charge is 0.435 e. The lowest BCUT2D eigenvalue weighted by molar-refractivity contribution is -0.142. The number of carbonyl (C=O) groups is 1. The maximum Gasteiger partial charge on any atom is 0.435 e. The molecule has 2 aromatic carbocycles. The van der Waals surface area contributed by atoms with Crippen LogP contribution in [0.15, 0.2) is 42.5 Å². The number of benzene rings is 2. The Hall–Kier alpha value is -4.22. The predicted molar refractivity (Wildman–Crippen MR) is 172 cm³/mol. The van der Waals surface area contributed by atoms with Gasteiger partial charge in [-0.3, -0.25) is 18.9 Å². The van der Waals surface area contributed by atoms with E-state index in [2.05, 4.69) is 25.2 Å². The highest BCUT2D eigenvalue weighted by Crippen LogP contribution is 2.46. The molecule has 1 aliphatic rings. The molecule has 2 N–H and O–H groups in total. The fourth-order valence-electron chi connectivity index (χ4n) is 6.19. The first-order valence-corrected chi connectivity index (χ1v) is 17.0. The highest BCUT2D eigenvalue weighted by molar-refractivity contribution is 7.85. The Morgan fingerprint density at radius 2 is 1.74 bits per heavy atom. The normalized spacial score (nSPS) is 15.3. The molecule has 19 heteroatoms. The lowest BCUT2D eigenvalue weighted by Crippen LogP contribution is -2.35. The van der Waals surface area contributed by atoms with Gasteiger partial charge in [-0.05, 0) is 48.7 Å². The third kappa shape index (κ3) is 6.90. The molecule has 0 fully saturated rings. The van der Waals surface area contributed by atoms with Crippen LogP contribution in [-0.2, 0) is 54.3 Å². The van der Waals surface area contributed by atoms with E-state index in [1.54, 1.807) is 19.2 Å². The number of fused-ring (bicyclic) bond motifs is 2. The molecule has 3 heterocycles. The molecule has 1 aliphatic carbocycles. The maximum atomic E-state index is 14.8. The minimum atomic E-state index is -5.05. The average Bonchev–Trinajstić information content (AvgIpc) is 3.64. The van der Waals surface area contributed by atoms with Gasteiger partial charge >= 0.3 is 6.18 Å². The van der Waals surface area contributed by atoms with Crippen LogP contribution in [0.4, 0.5) is 36.6 Å². The zero-order valence-electron chi connectivity index (χ0n) is 25.8. The van der Waals surface area contributed by atoms with Gasteiger partial charge in [0.2, 0.25) is 5.91 Å². The smallest absolute Gasteiger partial charge is 0.346 e. The van der Waals surface area contributed by atoms with Crippen LogP contribution in [0.25, 0.3) is 22.0 Å². The number of nitrogens with zero attached hydrogens (tertiary/aromatic N) is 5. The molecule has 0 bridgehead atoms. The molecule has 9 nitrogen and oxygen atoms in total. The summed E-state index contributed by atoms with van der Waals surface area (Å²) in [4.78, 5) is 18.0. The van der Waals surface area contributed by atoms with E-state index < -0.39 is 83.0 Å². The van der Waals surface area contributed by atoms with Gasteiger partial charge < -0.3 is 5.32 Å². The van der Waals surface area contributed by atoms with Crippen molar-refractivity contribution in [1.82, 2.24) is 29.9 Å². The van der Waals surface area contributed by atoms with Gasteiger partial charge in [0, 0.05) is 42.5 Å². The van der Waals surface area contributed by atoms with Gasteiger partial charge in [0.1, 0.15) is 40.0 Å². The second-order valence-corrected chi connectivity index (χ2v) is 13.5. The second-order valence-electron chi connectivity index (χ2n) is 11.6. The number of carbonyl (C=O) groups excluding carboxylic acids is 1. The number of hydrogen-bond acceptors (Lipinski definition) is 5. The number of anilines is 1. The Bertz CT molecular complexity index is 2170. The number of alkyl halides is 5. The van der Waals surface area contributed by atoms with Gasteiger partial charge in [-0.2, -0.15) is 32.1 Å².